The van der Waals surface area contributed by atoms with Crippen molar-refractivity contribution >= 4 is 17.3 Å². The summed E-state index contributed by atoms with van der Waals surface area (Å²) in [6, 6.07) is 7.59. The lowest BCUT2D eigenvalue weighted by Crippen LogP contribution is -2.40. The third-order valence-corrected chi connectivity index (χ3v) is 4.10. The number of aliphatic hydroxyl groups excluding tert-OH is 1. The minimum absolute atomic E-state index is 0.0381. The van der Waals surface area contributed by atoms with Crippen molar-refractivity contribution in [3.05, 3.63) is 47.5 Å². The van der Waals surface area contributed by atoms with E-state index in [2.05, 4.69) is 16.6 Å². The predicted molar refractivity (Wildman–Crippen MR) is 101 cm³/mol. The minimum Gasteiger partial charge on any atom is -0.390 e. The monoisotopic (exact) mass is 366 g/mol. The summed E-state index contributed by atoms with van der Waals surface area (Å²) >= 11 is 5.92. The Morgan fingerprint density at radius 2 is 2.16 bits per heavy atom. The maximum Gasteiger partial charge on any atom is 0.145 e. The number of aliphatic hydroxyl groups is 1. The lowest BCUT2D eigenvalue weighted by atomic mass is 10.0. The van der Waals surface area contributed by atoms with Crippen LogP contribution in [-0.4, -0.2) is 60.3 Å². The van der Waals surface area contributed by atoms with Crippen molar-refractivity contribution in [2.24, 2.45) is 5.16 Å². The quantitative estimate of drug-likeness (QED) is 0.646. The highest BCUT2D eigenvalue weighted by Gasteiger charge is 2.25. The molecule has 0 bridgehead atoms. The zero-order valence-electron chi connectivity index (χ0n) is 14.9. The van der Waals surface area contributed by atoms with Gasteiger partial charge in [0, 0.05) is 31.1 Å². The van der Waals surface area contributed by atoms with Gasteiger partial charge in [0.05, 0.1) is 24.5 Å². The topological polar surface area (TPSA) is 54.3 Å². The fourth-order valence-corrected chi connectivity index (χ4v) is 2.81. The molecule has 0 aliphatic carbocycles. The molecule has 138 valence electrons. The molecule has 1 aromatic carbocycles. The van der Waals surface area contributed by atoms with Gasteiger partial charge in [-0.1, -0.05) is 35.0 Å². The maximum absolute atomic E-state index is 10.1. The van der Waals surface area contributed by atoms with Gasteiger partial charge in [0.2, 0.25) is 0 Å². The van der Waals surface area contributed by atoms with E-state index in [1.165, 1.54) is 0 Å². The van der Waals surface area contributed by atoms with E-state index in [9.17, 15) is 5.11 Å². The number of halogens is 1. The predicted octanol–water partition coefficient (Wildman–Crippen LogP) is 3.11. The van der Waals surface area contributed by atoms with Crippen LogP contribution in [0.1, 0.15) is 25.8 Å². The van der Waals surface area contributed by atoms with E-state index >= 15 is 0 Å². The summed E-state index contributed by atoms with van der Waals surface area (Å²) in [4.78, 5) is 7.68. The average molecular weight is 367 g/mol. The standard InChI is InChI=1S/C19H27ClN2O3/c1-4-9-22(11-17(23)13-24-14(2)3)12-18-10-19(21-25-18)15-5-7-16(20)8-6-15/h4-8,14,17-18,23H,1,9-13H2,2-3H3/t17-,18+/m1/s1. The Hall–Kier alpha value is -1.40. The maximum atomic E-state index is 10.1. The first-order valence-electron chi connectivity index (χ1n) is 8.59. The number of hydrogen-bond donors (Lipinski definition) is 1. The van der Waals surface area contributed by atoms with Gasteiger partial charge >= 0.3 is 0 Å². The molecule has 2 rings (SSSR count). The van der Waals surface area contributed by atoms with Crippen LogP contribution in [0.2, 0.25) is 5.02 Å². The molecule has 1 heterocycles. The summed E-state index contributed by atoms with van der Waals surface area (Å²) in [5.41, 5.74) is 1.94. The summed E-state index contributed by atoms with van der Waals surface area (Å²) in [5, 5.41) is 15.0. The van der Waals surface area contributed by atoms with Gasteiger partial charge in [-0.2, -0.15) is 0 Å². The van der Waals surface area contributed by atoms with Crippen LogP contribution in [0.25, 0.3) is 0 Å². The Kier molecular flexibility index (Phi) is 7.90. The van der Waals surface area contributed by atoms with Crippen molar-refractivity contribution in [3.8, 4) is 0 Å². The fraction of sp³-hybridized carbons (Fsp3) is 0.526. The Morgan fingerprint density at radius 3 is 2.80 bits per heavy atom. The normalized spacial score (nSPS) is 18.3. The molecule has 0 saturated carbocycles. The van der Waals surface area contributed by atoms with Crippen molar-refractivity contribution in [1.82, 2.24) is 4.90 Å². The van der Waals surface area contributed by atoms with Crippen molar-refractivity contribution < 1.29 is 14.7 Å². The van der Waals surface area contributed by atoms with Crippen LogP contribution in [0.15, 0.2) is 42.1 Å². The Balaban J connectivity index is 1.84. The zero-order valence-corrected chi connectivity index (χ0v) is 15.7. The van der Waals surface area contributed by atoms with Gasteiger partial charge in [0.25, 0.3) is 0 Å². The number of rotatable bonds is 10. The summed E-state index contributed by atoms with van der Waals surface area (Å²) in [6.07, 6.45) is 2.08. The number of ether oxygens (including phenoxy) is 1. The summed E-state index contributed by atoms with van der Waals surface area (Å²) in [7, 11) is 0. The molecule has 1 aliphatic heterocycles. The van der Waals surface area contributed by atoms with E-state index in [-0.39, 0.29) is 12.2 Å². The number of oxime groups is 1. The molecule has 0 saturated heterocycles. The van der Waals surface area contributed by atoms with Gasteiger partial charge in [-0.3, -0.25) is 4.90 Å². The van der Waals surface area contributed by atoms with Gasteiger partial charge in [0.1, 0.15) is 6.10 Å². The first-order valence-corrected chi connectivity index (χ1v) is 8.97. The van der Waals surface area contributed by atoms with Crippen molar-refractivity contribution in [2.45, 2.75) is 38.6 Å². The second-order valence-electron chi connectivity index (χ2n) is 6.52. The molecule has 0 fully saturated rings. The first-order chi connectivity index (χ1) is 12.0. The molecule has 1 aromatic rings. The van der Waals surface area contributed by atoms with Crippen LogP contribution in [0.4, 0.5) is 0 Å². The van der Waals surface area contributed by atoms with E-state index in [0.29, 0.717) is 31.3 Å². The SMILES string of the molecule is C=CCN(C[C@@H](O)COC(C)C)C[C@@H]1CC(c2ccc(Cl)cc2)=NO1. The molecule has 5 nitrogen and oxygen atoms in total. The molecular weight excluding hydrogens is 340 g/mol. The second-order valence-corrected chi connectivity index (χ2v) is 6.96. The second kappa shape index (κ2) is 9.92. The van der Waals surface area contributed by atoms with Crippen molar-refractivity contribution in [2.75, 3.05) is 26.2 Å². The summed E-state index contributed by atoms with van der Waals surface area (Å²) in [6.45, 7) is 9.88. The molecule has 25 heavy (non-hydrogen) atoms. The molecule has 0 radical (unpaired) electrons. The smallest absolute Gasteiger partial charge is 0.145 e. The van der Waals surface area contributed by atoms with E-state index in [1.807, 2.05) is 44.2 Å². The van der Waals surface area contributed by atoms with Gasteiger partial charge in [-0.15, -0.1) is 6.58 Å². The van der Waals surface area contributed by atoms with Gasteiger partial charge in [-0.05, 0) is 31.5 Å². The molecule has 1 N–H and O–H groups in total. The molecule has 2 atom stereocenters. The van der Waals surface area contributed by atoms with Crippen molar-refractivity contribution in [1.29, 1.82) is 0 Å². The molecule has 0 amide bonds. The Bertz CT molecular complexity index is 575. The minimum atomic E-state index is -0.541. The Labute approximate surface area is 154 Å². The highest BCUT2D eigenvalue weighted by molar-refractivity contribution is 6.30. The molecule has 6 heteroatoms. The van der Waals surface area contributed by atoms with E-state index in [1.54, 1.807) is 0 Å². The summed E-state index contributed by atoms with van der Waals surface area (Å²) < 4.78 is 5.47. The number of nitrogens with zero attached hydrogens (tertiary/aromatic N) is 2. The van der Waals surface area contributed by atoms with Crippen LogP contribution >= 0.6 is 11.6 Å². The third kappa shape index (κ3) is 6.78. The average Bonchev–Trinajstić information content (AvgIpc) is 3.02. The molecular formula is C19H27ClN2O3. The zero-order chi connectivity index (χ0) is 18.2. The highest BCUT2D eigenvalue weighted by atomic mass is 35.5. The molecule has 0 spiro atoms. The number of hydrogen-bond acceptors (Lipinski definition) is 5. The van der Waals surface area contributed by atoms with E-state index in [4.69, 9.17) is 21.2 Å². The van der Waals surface area contributed by atoms with Gasteiger partial charge in [0.15, 0.2) is 0 Å². The largest absolute Gasteiger partial charge is 0.390 e. The van der Waals surface area contributed by atoms with Crippen LogP contribution in [0.3, 0.4) is 0 Å². The van der Waals surface area contributed by atoms with E-state index < -0.39 is 6.10 Å². The number of benzene rings is 1. The lowest BCUT2D eigenvalue weighted by molar-refractivity contribution is -0.0158. The summed E-state index contributed by atoms with van der Waals surface area (Å²) in [5.74, 6) is 0. The third-order valence-electron chi connectivity index (χ3n) is 3.85. The van der Waals surface area contributed by atoms with Gasteiger partial charge in [-0.25, -0.2) is 0 Å². The van der Waals surface area contributed by atoms with Crippen LogP contribution < -0.4 is 0 Å². The molecule has 1 aliphatic rings. The van der Waals surface area contributed by atoms with Crippen LogP contribution in [-0.2, 0) is 9.57 Å². The highest BCUT2D eigenvalue weighted by Crippen LogP contribution is 2.19. The van der Waals surface area contributed by atoms with Gasteiger partial charge < -0.3 is 14.7 Å². The van der Waals surface area contributed by atoms with E-state index in [0.717, 1.165) is 17.7 Å². The van der Waals surface area contributed by atoms with Crippen LogP contribution in [0, 0.1) is 0 Å². The van der Waals surface area contributed by atoms with Crippen LogP contribution in [0.5, 0.6) is 0 Å². The Morgan fingerprint density at radius 1 is 1.44 bits per heavy atom. The fourth-order valence-electron chi connectivity index (χ4n) is 2.69. The van der Waals surface area contributed by atoms with Crippen molar-refractivity contribution in [3.63, 3.8) is 0 Å². The lowest BCUT2D eigenvalue weighted by Gasteiger charge is -2.26. The first kappa shape index (κ1) is 19.9. The molecule has 0 aromatic heterocycles. The molecule has 0 unspecified atom stereocenters.